The minimum atomic E-state index is -0.425. The molecule has 0 spiro atoms. The molecule has 2 amide bonds. The second-order valence-corrected chi connectivity index (χ2v) is 6.35. The van der Waals surface area contributed by atoms with E-state index in [4.69, 9.17) is 0 Å². The van der Waals surface area contributed by atoms with Gasteiger partial charge in [0.1, 0.15) is 6.04 Å². The standard InChI is InChI=1S/C15H19IN2O2/c1-10(19)17-14(11-6-2-3-7-11)15(20)18-13-9-5-4-8-12(13)16/h4-5,8-9,11,14H,2-3,6-7H2,1H3,(H,17,19)(H,18,20). The number of para-hydroxylation sites is 1. The molecule has 108 valence electrons. The van der Waals surface area contributed by atoms with Crippen LogP contribution < -0.4 is 10.6 Å². The summed E-state index contributed by atoms with van der Waals surface area (Å²) in [7, 11) is 0. The SMILES string of the molecule is CC(=O)NC(C(=O)Nc1ccccc1I)C1CCCC1. The zero-order valence-corrected chi connectivity index (χ0v) is 13.6. The predicted molar refractivity (Wildman–Crippen MR) is 87.4 cm³/mol. The minimum absolute atomic E-state index is 0.115. The van der Waals surface area contributed by atoms with Crippen molar-refractivity contribution >= 4 is 40.1 Å². The van der Waals surface area contributed by atoms with Gasteiger partial charge in [-0.2, -0.15) is 0 Å². The Morgan fingerprint density at radius 1 is 1.25 bits per heavy atom. The van der Waals surface area contributed by atoms with E-state index in [9.17, 15) is 9.59 Å². The average molecular weight is 386 g/mol. The zero-order valence-electron chi connectivity index (χ0n) is 11.5. The number of amides is 2. The second kappa shape index (κ2) is 7.06. The van der Waals surface area contributed by atoms with Crippen LogP contribution >= 0.6 is 22.6 Å². The lowest BCUT2D eigenvalue weighted by molar-refractivity contribution is -0.126. The number of hydrogen-bond acceptors (Lipinski definition) is 2. The summed E-state index contributed by atoms with van der Waals surface area (Å²) in [5.41, 5.74) is 0.798. The molecule has 0 heterocycles. The molecule has 2 N–H and O–H groups in total. The molecule has 1 fully saturated rings. The van der Waals surface area contributed by atoms with Crippen molar-refractivity contribution in [2.75, 3.05) is 5.32 Å². The van der Waals surface area contributed by atoms with E-state index in [1.165, 1.54) is 6.92 Å². The first kappa shape index (κ1) is 15.3. The van der Waals surface area contributed by atoms with Gasteiger partial charge in [0.25, 0.3) is 0 Å². The normalized spacial score (nSPS) is 16.7. The Morgan fingerprint density at radius 3 is 2.50 bits per heavy atom. The van der Waals surface area contributed by atoms with Crippen molar-refractivity contribution in [3.05, 3.63) is 27.8 Å². The number of anilines is 1. The number of rotatable bonds is 4. The minimum Gasteiger partial charge on any atom is -0.344 e. The van der Waals surface area contributed by atoms with Crippen molar-refractivity contribution in [1.29, 1.82) is 0 Å². The third-order valence-electron chi connectivity index (χ3n) is 3.64. The highest BCUT2D eigenvalue weighted by atomic mass is 127. The van der Waals surface area contributed by atoms with Gasteiger partial charge in [-0.05, 0) is 53.5 Å². The lowest BCUT2D eigenvalue weighted by Crippen LogP contribution is -2.47. The van der Waals surface area contributed by atoms with Crippen molar-refractivity contribution in [3.8, 4) is 0 Å². The monoisotopic (exact) mass is 386 g/mol. The first-order chi connectivity index (χ1) is 9.58. The maximum atomic E-state index is 12.5. The summed E-state index contributed by atoms with van der Waals surface area (Å²) in [5.74, 6) is -0.0173. The molecule has 0 bridgehead atoms. The summed E-state index contributed by atoms with van der Waals surface area (Å²) >= 11 is 2.19. The van der Waals surface area contributed by atoms with Crippen molar-refractivity contribution in [3.63, 3.8) is 0 Å². The van der Waals surface area contributed by atoms with Crippen LogP contribution in [0.4, 0.5) is 5.69 Å². The first-order valence-corrected chi connectivity index (χ1v) is 7.98. The number of halogens is 1. The summed E-state index contributed by atoms with van der Waals surface area (Å²) in [6.07, 6.45) is 4.28. The van der Waals surface area contributed by atoms with Gasteiger partial charge < -0.3 is 10.6 Å². The van der Waals surface area contributed by atoms with Crippen LogP contribution in [0.1, 0.15) is 32.6 Å². The van der Waals surface area contributed by atoms with Gasteiger partial charge in [0.15, 0.2) is 0 Å². The van der Waals surface area contributed by atoms with Gasteiger partial charge in [0, 0.05) is 10.5 Å². The summed E-state index contributed by atoms with van der Waals surface area (Å²) in [6.45, 7) is 1.46. The molecule has 1 aliphatic carbocycles. The van der Waals surface area contributed by atoms with Crippen molar-refractivity contribution in [2.45, 2.75) is 38.6 Å². The third kappa shape index (κ3) is 3.94. The number of nitrogens with one attached hydrogen (secondary N) is 2. The van der Waals surface area contributed by atoms with E-state index < -0.39 is 6.04 Å². The number of hydrogen-bond donors (Lipinski definition) is 2. The summed E-state index contributed by atoms with van der Waals surface area (Å²) in [4.78, 5) is 23.8. The van der Waals surface area contributed by atoms with Crippen LogP contribution in [0, 0.1) is 9.49 Å². The molecule has 1 aliphatic rings. The molecule has 0 aromatic heterocycles. The van der Waals surface area contributed by atoms with Gasteiger partial charge >= 0.3 is 0 Å². The lowest BCUT2D eigenvalue weighted by Gasteiger charge is -2.23. The molecule has 20 heavy (non-hydrogen) atoms. The molecule has 1 saturated carbocycles. The van der Waals surface area contributed by atoms with E-state index in [-0.39, 0.29) is 17.7 Å². The number of carbonyl (C=O) groups excluding carboxylic acids is 2. The lowest BCUT2D eigenvalue weighted by atomic mass is 9.97. The van der Waals surface area contributed by atoms with Gasteiger partial charge in [-0.1, -0.05) is 25.0 Å². The highest BCUT2D eigenvalue weighted by Crippen LogP contribution is 2.28. The van der Waals surface area contributed by atoms with Crippen LogP contribution in [-0.4, -0.2) is 17.9 Å². The molecule has 2 rings (SSSR count). The van der Waals surface area contributed by atoms with E-state index in [1.54, 1.807) is 0 Å². The van der Waals surface area contributed by atoms with Gasteiger partial charge in [0.05, 0.1) is 5.69 Å². The largest absolute Gasteiger partial charge is 0.344 e. The summed E-state index contributed by atoms with van der Waals surface area (Å²) < 4.78 is 0.992. The van der Waals surface area contributed by atoms with E-state index in [2.05, 4.69) is 33.2 Å². The van der Waals surface area contributed by atoms with E-state index >= 15 is 0 Å². The fraction of sp³-hybridized carbons (Fsp3) is 0.467. The average Bonchev–Trinajstić information content (AvgIpc) is 2.92. The predicted octanol–water partition coefficient (Wildman–Crippen LogP) is 2.92. The Balaban J connectivity index is 2.09. The van der Waals surface area contributed by atoms with Crippen LogP contribution in [-0.2, 0) is 9.59 Å². The second-order valence-electron chi connectivity index (χ2n) is 5.19. The maximum Gasteiger partial charge on any atom is 0.247 e. The third-order valence-corrected chi connectivity index (χ3v) is 4.58. The van der Waals surface area contributed by atoms with Gasteiger partial charge in [-0.3, -0.25) is 9.59 Å². The molecule has 4 nitrogen and oxygen atoms in total. The Kier molecular flexibility index (Phi) is 5.39. The van der Waals surface area contributed by atoms with Crippen LogP contribution in [0.5, 0.6) is 0 Å². The highest BCUT2D eigenvalue weighted by Gasteiger charge is 2.31. The molecular weight excluding hydrogens is 367 g/mol. The molecule has 1 aromatic carbocycles. The summed E-state index contributed by atoms with van der Waals surface area (Å²) in [6, 6.07) is 7.21. The summed E-state index contributed by atoms with van der Waals surface area (Å²) in [5, 5.41) is 5.74. The Morgan fingerprint density at radius 2 is 1.90 bits per heavy atom. The van der Waals surface area contributed by atoms with Gasteiger partial charge in [-0.25, -0.2) is 0 Å². The van der Waals surface area contributed by atoms with Crippen LogP contribution in [0.2, 0.25) is 0 Å². The Labute approximate surface area is 132 Å². The van der Waals surface area contributed by atoms with Crippen LogP contribution in [0.3, 0.4) is 0 Å². The number of carbonyl (C=O) groups is 2. The molecule has 0 aliphatic heterocycles. The van der Waals surface area contributed by atoms with Crippen molar-refractivity contribution < 1.29 is 9.59 Å². The topological polar surface area (TPSA) is 58.2 Å². The van der Waals surface area contributed by atoms with E-state index in [1.807, 2.05) is 24.3 Å². The van der Waals surface area contributed by atoms with Gasteiger partial charge in [-0.15, -0.1) is 0 Å². The van der Waals surface area contributed by atoms with E-state index in [0.717, 1.165) is 34.9 Å². The highest BCUT2D eigenvalue weighted by molar-refractivity contribution is 14.1. The first-order valence-electron chi connectivity index (χ1n) is 6.90. The Bertz CT molecular complexity index is 498. The van der Waals surface area contributed by atoms with Crippen molar-refractivity contribution in [1.82, 2.24) is 5.32 Å². The molecule has 1 unspecified atom stereocenters. The Hall–Kier alpha value is -1.11. The zero-order chi connectivity index (χ0) is 14.5. The quantitative estimate of drug-likeness (QED) is 0.782. The van der Waals surface area contributed by atoms with Crippen molar-refractivity contribution in [2.24, 2.45) is 5.92 Å². The van der Waals surface area contributed by atoms with Gasteiger partial charge in [0.2, 0.25) is 11.8 Å². The molecule has 1 aromatic rings. The van der Waals surface area contributed by atoms with E-state index in [0.29, 0.717) is 0 Å². The molecule has 5 heteroatoms. The molecule has 0 saturated heterocycles. The molecular formula is C15H19IN2O2. The molecule has 1 atom stereocenters. The van der Waals surface area contributed by atoms with Crippen LogP contribution in [0.25, 0.3) is 0 Å². The number of benzene rings is 1. The fourth-order valence-electron chi connectivity index (χ4n) is 2.68. The maximum absolute atomic E-state index is 12.5. The smallest absolute Gasteiger partial charge is 0.247 e. The van der Waals surface area contributed by atoms with Crippen LogP contribution in [0.15, 0.2) is 24.3 Å². The fourth-order valence-corrected chi connectivity index (χ4v) is 3.20. The molecule has 0 radical (unpaired) electrons.